The van der Waals surface area contributed by atoms with Crippen molar-refractivity contribution in [2.24, 2.45) is 0 Å². The molecule has 0 radical (unpaired) electrons. The van der Waals surface area contributed by atoms with Gasteiger partial charge in [0.15, 0.2) is 11.3 Å². The Morgan fingerprint density at radius 3 is 2.75 bits per heavy atom. The van der Waals surface area contributed by atoms with Gasteiger partial charge in [-0.25, -0.2) is 9.67 Å². The molecular weight excluding hydrogens is 219 g/mol. The van der Waals surface area contributed by atoms with Crippen molar-refractivity contribution in [3.8, 4) is 0 Å². The van der Waals surface area contributed by atoms with Crippen LogP contribution in [-0.4, -0.2) is 14.8 Å². The van der Waals surface area contributed by atoms with Gasteiger partial charge < -0.3 is 0 Å². The van der Waals surface area contributed by atoms with Crippen LogP contribution in [0.2, 0.25) is 0 Å². The molecule has 0 aliphatic heterocycles. The highest BCUT2D eigenvalue weighted by atomic mass is 19.4. The van der Waals surface area contributed by atoms with Crippen LogP contribution in [0.25, 0.3) is 11.0 Å². The number of rotatable bonds is 2. The van der Waals surface area contributed by atoms with Gasteiger partial charge in [-0.05, 0) is 18.6 Å². The molecule has 0 aromatic carbocycles. The van der Waals surface area contributed by atoms with Gasteiger partial charge in [0.1, 0.15) is 0 Å². The molecular formula is C10H10F3N3. The van der Waals surface area contributed by atoms with Crippen molar-refractivity contribution in [1.29, 1.82) is 0 Å². The minimum atomic E-state index is -4.43. The van der Waals surface area contributed by atoms with Crippen LogP contribution < -0.4 is 0 Å². The Kier molecular flexibility index (Phi) is 2.57. The maximum Gasteiger partial charge on any atom is 0.435 e. The molecule has 2 aromatic rings. The van der Waals surface area contributed by atoms with E-state index in [2.05, 4.69) is 10.1 Å². The minimum Gasteiger partial charge on any atom is -0.247 e. The van der Waals surface area contributed by atoms with E-state index in [0.29, 0.717) is 13.0 Å². The normalized spacial score (nSPS) is 12.2. The number of aromatic nitrogens is 3. The van der Waals surface area contributed by atoms with E-state index in [4.69, 9.17) is 0 Å². The first-order valence-electron chi connectivity index (χ1n) is 4.92. The van der Waals surface area contributed by atoms with E-state index in [1.807, 2.05) is 6.92 Å². The summed E-state index contributed by atoms with van der Waals surface area (Å²) in [6, 6.07) is 2.87. The van der Waals surface area contributed by atoms with Crippen LogP contribution >= 0.6 is 0 Å². The number of pyridine rings is 1. The fourth-order valence-corrected chi connectivity index (χ4v) is 1.59. The van der Waals surface area contributed by atoms with Gasteiger partial charge in [-0.15, -0.1) is 0 Å². The Labute approximate surface area is 89.9 Å². The van der Waals surface area contributed by atoms with Crippen LogP contribution in [0.1, 0.15) is 19.0 Å². The fraction of sp³-hybridized carbons (Fsp3) is 0.400. The summed E-state index contributed by atoms with van der Waals surface area (Å²) < 4.78 is 39.3. The molecule has 0 fully saturated rings. The van der Waals surface area contributed by atoms with Gasteiger partial charge in [-0.2, -0.15) is 18.3 Å². The summed E-state index contributed by atoms with van der Waals surface area (Å²) in [7, 11) is 0. The summed E-state index contributed by atoms with van der Waals surface area (Å²) in [6.07, 6.45) is -2.25. The highest BCUT2D eigenvalue weighted by molar-refractivity contribution is 5.78. The Hall–Kier alpha value is -1.59. The maximum absolute atomic E-state index is 12.7. The van der Waals surface area contributed by atoms with Crippen molar-refractivity contribution in [1.82, 2.24) is 14.8 Å². The molecule has 3 nitrogen and oxygen atoms in total. The fourth-order valence-electron chi connectivity index (χ4n) is 1.59. The third-order valence-electron chi connectivity index (χ3n) is 2.21. The molecule has 0 atom stereocenters. The third kappa shape index (κ3) is 1.75. The summed E-state index contributed by atoms with van der Waals surface area (Å²) in [6.45, 7) is 2.31. The predicted octanol–water partition coefficient (Wildman–Crippen LogP) is 2.86. The molecule has 6 heteroatoms. The molecule has 0 bridgehead atoms. The molecule has 0 saturated heterocycles. The first kappa shape index (κ1) is 10.9. The van der Waals surface area contributed by atoms with Crippen molar-refractivity contribution < 1.29 is 13.2 Å². The minimum absolute atomic E-state index is 0.0588. The van der Waals surface area contributed by atoms with Gasteiger partial charge in [-0.1, -0.05) is 6.92 Å². The van der Waals surface area contributed by atoms with Crippen molar-refractivity contribution in [2.75, 3.05) is 0 Å². The lowest BCUT2D eigenvalue weighted by Crippen LogP contribution is -2.08. The first-order chi connectivity index (χ1) is 7.54. The van der Waals surface area contributed by atoms with E-state index in [0.717, 1.165) is 0 Å². The number of hydrogen-bond donors (Lipinski definition) is 0. The lowest BCUT2D eigenvalue weighted by atomic mass is 10.2. The Balaban J connectivity index is 2.67. The quantitative estimate of drug-likeness (QED) is 0.792. The molecule has 0 saturated carbocycles. The summed E-state index contributed by atoms with van der Waals surface area (Å²) in [5.41, 5.74) is -0.569. The molecule has 16 heavy (non-hydrogen) atoms. The van der Waals surface area contributed by atoms with E-state index < -0.39 is 11.9 Å². The van der Waals surface area contributed by atoms with Crippen molar-refractivity contribution in [2.45, 2.75) is 26.1 Å². The molecule has 0 unspecified atom stereocenters. The number of nitrogens with zero attached hydrogens (tertiary/aromatic N) is 3. The molecule has 86 valence electrons. The van der Waals surface area contributed by atoms with Gasteiger partial charge in [0.2, 0.25) is 0 Å². The zero-order valence-corrected chi connectivity index (χ0v) is 8.62. The zero-order chi connectivity index (χ0) is 11.8. The average molecular weight is 229 g/mol. The van der Waals surface area contributed by atoms with Crippen LogP contribution in [0.4, 0.5) is 13.2 Å². The van der Waals surface area contributed by atoms with Crippen LogP contribution in [-0.2, 0) is 12.7 Å². The third-order valence-corrected chi connectivity index (χ3v) is 2.21. The van der Waals surface area contributed by atoms with Gasteiger partial charge in [0.05, 0.1) is 5.39 Å². The summed E-state index contributed by atoms with van der Waals surface area (Å²) in [5, 5.41) is 3.64. The standard InChI is InChI=1S/C10H10F3N3/c1-2-6-16-9-7(4-3-5-14-9)8(15-16)10(11,12)13/h3-5H,2,6H2,1H3. The van der Waals surface area contributed by atoms with Crippen LogP contribution in [0, 0.1) is 0 Å². The van der Waals surface area contributed by atoms with Gasteiger partial charge in [0.25, 0.3) is 0 Å². The van der Waals surface area contributed by atoms with Gasteiger partial charge in [0, 0.05) is 12.7 Å². The molecule has 2 rings (SSSR count). The topological polar surface area (TPSA) is 30.7 Å². The number of halogens is 3. The Bertz CT molecular complexity index is 501. The van der Waals surface area contributed by atoms with Crippen molar-refractivity contribution in [3.63, 3.8) is 0 Å². The van der Waals surface area contributed by atoms with E-state index in [1.54, 1.807) is 0 Å². The number of fused-ring (bicyclic) bond motifs is 1. The zero-order valence-electron chi connectivity index (χ0n) is 8.62. The number of aryl methyl sites for hydroxylation is 1. The van der Waals surface area contributed by atoms with E-state index in [-0.39, 0.29) is 11.0 Å². The largest absolute Gasteiger partial charge is 0.435 e. The van der Waals surface area contributed by atoms with Gasteiger partial charge in [-0.3, -0.25) is 0 Å². The average Bonchev–Trinajstić information content (AvgIpc) is 2.58. The number of hydrogen-bond acceptors (Lipinski definition) is 2. The predicted molar refractivity (Wildman–Crippen MR) is 52.8 cm³/mol. The highest BCUT2D eigenvalue weighted by Crippen LogP contribution is 2.33. The molecule has 2 aromatic heterocycles. The van der Waals surface area contributed by atoms with Crippen molar-refractivity contribution >= 4 is 11.0 Å². The summed E-state index contributed by atoms with van der Waals surface area (Å²) >= 11 is 0. The Morgan fingerprint density at radius 2 is 2.12 bits per heavy atom. The first-order valence-corrected chi connectivity index (χ1v) is 4.92. The molecule has 0 amide bonds. The lowest BCUT2D eigenvalue weighted by molar-refractivity contribution is -0.140. The maximum atomic E-state index is 12.7. The van der Waals surface area contributed by atoms with E-state index in [1.165, 1.54) is 23.0 Å². The summed E-state index contributed by atoms with van der Waals surface area (Å²) in [4.78, 5) is 3.93. The SMILES string of the molecule is CCCn1nc(C(F)(F)F)c2cccnc21. The lowest BCUT2D eigenvalue weighted by Gasteiger charge is -2.01. The van der Waals surface area contributed by atoms with Gasteiger partial charge >= 0.3 is 6.18 Å². The smallest absolute Gasteiger partial charge is 0.247 e. The Morgan fingerprint density at radius 1 is 1.38 bits per heavy atom. The molecule has 0 spiro atoms. The highest BCUT2D eigenvalue weighted by Gasteiger charge is 2.36. The van der Waals surface area contributed by atoms with Crippen LogP contribution in [0.3, 0.4) is 0 Å². The second kappa shape index (κ2) is 3.77. The van der Waals surface area contributed by atoms with E-state index in [9.17, 15) is 13.2 Å². The monoisotopic (exact) mass is 229 g/mol. The van der Waals surface area contributed by atoms with Crippen LogP contribution in [0.15, 0.2) is 18.3 Å². The second-order valence-electron chi connectivity index (χ2n) is 3.44. The molecule has 2 heterocycles. The van der Waals surface area contributed by atoms with E-state index >= 15 is 0 Å². The molecule has 0 aliphatic carbocycles. The second-order valence-corrected chi connectivity index (χ2v) is 3.44. The van der Waals surface area contributed by atoms with Crippen LogP contribution in [0.5, 0.6) is 0 Å². The molecule has 0 aliphatic rings. The number of alkyl halides is 3. The van der Waals surface area contributed by atoms with Crippen molar-refractivity contribution in [3.05, 3.63) is 24.0 Å². The molecule has 0 N–H and O–H groups in total. The summed E-state index contributed by atoms with van der Waals surface area (Å²) in [5.74, 6) is 0.